The second-order valence-corrected chi connectivity index (χ2v) is 8.06. The third-order valence-electron chi connectivity index (χ3n) is 4.68. The summed E-state index contributed by atoms with van der Waals surface area (Å²) in [5.41, 5.74) is 6.85. The number of rotatable bonds is 5. The highest BCUT2D eigenvalue weighted by Gasteiger charge is 2.36. The molecule has 2 N–H and O–H groups in total. The van der Waals surface area contributed by atoms with Gasteiger partial charge in [-0.25, -0.2) is 4.39 Å². The Bertz CT molecular complexity index is 1220. The van der Waals surface area contributed by atoms with Crippen molar-refractivity contribution in [2.45, 2.75) is 13.1 Å². The molecule has 0 atom stereocenters. The molecule has 6 nitrogen and oxygen atoms in total. The molecule has 1 saturated heterocycles. The molecular formula is C21H15ClFN3O3S. The summed E-state index contributed by atoms with van der Waals surface area (Å²) in [6.07, 6.45) is 3.30. The molecule has 0 unspecified atom stereocenters. The van der Waals surface area contributed by atoms with Crippen LogP contribution in [0.25, 0.3) is 17.0 Å². The van der Waals surface area contributed by atoms with Crippen LogP contribution in [0.2, 0.25) is 5.02 Å². The Hall–Kier alpha value is -3.10. The maximum absolute atomic E-state index is 14.1. The largest absolute Gasteiger partial charge is 0.368 e. The molecule has 0 radical (unpaired) electrons. The molecular weight excluding hydrogens is 429 g/mol. The predicted octanol–water partition coefficient (Wildman–Crippen LogP) is 4.16. The van der Waals surface area contributed by atoms with Crippen LogP contribution in [0.3, 0.4) is 0 Å². The van der Waals surface area contributed by atoms with Gasteiger partial charge in [0.25, 0.3) is 11.1 Å². The van der Waals surface area contributed by atoms with Crippen molar-refractivity contribution in [1.29, 1.82) is 0 Å². The molecule has 3 amide bonds. The van der Waals surface area contributed by atoms with Crippen LogP contribution in [0.5, 0.6) is 0 Å². The summed E-state index contributed by atoms with van der Waals surface area (Å²) in [7, 11) is 0. The number of primary amides is 1. The molecule has 9 heteroatoms. The van der Waals surface area contributed by atoms with Gasteiger partial charge in [-0.3, -0.25) is 19.3 Å². The number of thioether (sulfide) groups is 1. The Labute approximate surface area is 180 Å². The van der Waals surface area contributed by atoms with Crippen LogP contribution in [-0.2, 0) is 22.7 Å². The number of imide groups is 1. The fourth-order valence-electron chi connectivity index (χ4n) is 3.31. The first-order valence-electron chi connectivity index (χ1n) is 8.89. The second-order valence-electron chi connectivity index (χ2n) is 6.66. The molecule has 0 aliphatic carbocycles. The highest BCUT2D eigenvalue weighted by molar-refractivity contribution is 8.18. The fraction of sp³-hybridized carbons (Fsp3) is 0.0952. The number of hydrogen-bond donors (Lipinski definition) is 1. The lowest BCUT2D eigenvalue weighted by Crippen LogP contribution is -2.28. The van der Waals surface area contributed by atoms with Gasteiger partial charge in [0, 0.05) is 33.2 Å². The van der Waals surface area contributed by atoms with Crippen LogP contribution in [0, 0.1) is 5.82 Å². The molecule has 1 fully saturated rings. The zero-order valence-electron chi connectivity index (χ0n) is 15.5. The molecule has 0 saturated carbocycles. The van der Waals surface area contributed by atoms with E-state index >= 15 is 0 Å². The molecule has 0 spiro atoms. The summed E-state index contributed by atoms with van der Waals surface area (Å²) in [4.78, 5) is 37.8. The number of hydrogen-bond acceptors (Lipinski definition) is 4. The van der Waals surface area contributed by atoms with Gasteiger partial charge >= 0.3 is 0 Å². The second kappa shape index (κ2) is 7.97. The van der Waals surface area contributed by atoms with E-state index in [2.05, 4.69) is 0 Å². The number of nitrogens with two attached hydrogens (primary N) is 1. The minimum absolute atomic E-state index is 0.0123. The summed E-state index contributed by atoms with van der Waals surface area (Å²) >= 11 is 6.80. The van der Waals surface area contributed by atoms with E-state index in [0.29, 0.717) is 5.56 Å². The average Bonchev–Trinajstić information content (AvgIpc) is 3.16. The van der Waals surface area contributed by atoms with Crippen molar-refractivity contribution in [3.8, 4) is 0 Å². The Morgan fingerprint density at radius 2 is 1.93 bits per heavy atom. The lowest BCUT2D eigenvalue weighted by Gasteiger charge is -2.14. The van der Waals surface area contributed by atoms with Gasteiger partial charge in [0.2, 0.25) is 5.91 Å². The summed E-state index contributed by atoms with van der Waals surface area (Å²) in [5, 5.41) is 0.446. The molecule has 30 heavy (non-hydrogen) atoms. The Morgan fingerprint density at radius 3 is 2.67 bits per heavy atom. The van der Waals surface area contributed by atoms with Gasteiger partial charge in [-0.1, -0.05) is 35.9 Å². The summed E-state index contributed by atoms with van der Waals surface area (Å²) in [5.74, 6) is -1.61. The van der Waals surface area contributed by atoms with Crippen LogP contribution >= 0.6 is 23.4 Å². The van der Waals surface area contributed by atoms with Crippen molar-refractivity contribution < 1.29 is 18.8 Å². The van der Waals surface area contributed by atoms with Gasteiger partial charge in [0.05, 0.1) is 11.4 Å². The number of benzene rings is 2. The van der Waals surface area contributed by atoms with E-state index in [1.54, 1.807) is 16.8 Å². The molecule has 152 valence electrons. The zero-order valence-corrected chi connectivity index (χ0v) is 17.0. The minimum Gasteiger partial charge on any atom is -0.368 e. The summed E-state index contributed by atoms with van der Waals surface area (Å²) < 4.78 is 15.8. The number of nitrogens with zero attached hydrogens (tertiary/aromatic N) is 2. The van der Waals surface area contributed by atoms with Crippen LogP contribution < -0.4 is 5.73 Å². The van der Waals surface area contributed by atoms with Crippen molar-refractivity contribution in [2.75, 3.05) is 0 Å². The predicted molar refractivity (Wildman–Crippen MR) is 114 cm³/mol. The van der Waals surface area contributed by atoms with Crippen LogP contribution in [0.4, 0.5) is 9.18 Å². The molecule has 1 aliphatic heterocycles. The van der Waals surface area contributed by atoms with Gasteiger partial charge in [-0.05, 0) is 36.0 Å². The summed E-state index contributed by atoms with van der Waals surface area (Å²) in [6.45, 7) is -0.265. The van der Waals surface area contributed by atoms with Crippen LogP contribution in [0.1, 0.15) is 11.1 Å². The third kappa shape index (κ3) is 3.71. The van der Waals surface area contributed by atoms with E-state index in [-0.39, 0.29) is 28.6 Å². The Balaban J connectivity index is 1.68. The van der Waals surface area contributed by atoms with Crippen molar-refractivity contribution >= 4 is 57.4 Å². The minimum atomic E-state index is -0.583. The van der Waals surface area contributed by atoms with Crippen molar-refractivity contribution in [2.24, 2.45) is 5.73 Å². The summed E-state index contributed by atoms with van der Waals surface area (Å²) in [6, 6.07) is 11.5. The third-order valence-corrected chi connectivity index (χ3v) is 5.95. The van der Waals surface area contributed by atoms with E-state index in [4.69, 9.17) is 17.3 Å². The van der Waals surface area contributed by atoms with E-state index < -0.39 is 22.9 Å². The van der Waals surface area contributed by atoms with E-state index in [0.717, 1.165) is 27.6 Å². The topological polar surface area (TPSA) is 85.4 Å². The highest BCUT2D eigenvalue weighted by atomic mass is 35.5. The quantitative estimate of drug-likeness (QED) is 0.600. The van der Waals surface area contributed by atoms with Gasteiger partial charge in [-0.15, -0.1) is 0 Å². The van der Waals surface area contributed by atoms with E-state index in [1.807, 2.05) is 24.3 Å². The monoisotopic (exact) mass is 443 g/mol. The molecule has 4 rings (SSSR count). The molecule has 2 aromatic carbocycles. The number of carbonyl (C=O) groups excluding carboxylic acids is 3. The highest BCUT2D eigenvalue weighted by Crippen LogP contribution is 2.36. The Morgan fingerprint density at radius 1 is 1.17 bits per heavy atom. The fourth-order valence-corrected chi connectivity index (χ4v) is 4.36. The van der Waals surface area contributed by atoms with Crippen molar-refractivity contribution in [3.63, 3.8) is 0 Å². The molecule has 0 bridgehead atoms. The first-order valence-corrected chi connectivity index (χ1v) is 10.1. The molecule has 1 aliphatic rings. The number of para-hydroxylation sites is 1. The van der Waals surface area contributed by atoms with Gasteiger partial charge < -0.3 is 10.3 Å². The van der Waals surface area contributed by atoms with Gasteiger partial charge in [-0.2, -0.15) is 0 Å². The number of fused-ring (bicyclic) bond motifs is 1. The lowest BCUT2D eigenvalue weighted by atomic mass is 10.1. The average molecular weight is 444 g/mol. The van der Waals surface area contributed by atoms with E-state index in [1.165, 1.54) is 18.2 Å². The van der Waals surface area contributed by atoms with Gasteiger partial charge in [0.15, 0.2) is 0 Å². The lowest BCUT2D eigenvalue weighted by molar-refractivity contribution is -0.123. The molecule has 3 aromatic rings. The number of carbonyl (C=O) groups is 3. The number of aromatic nitrogens is 1. The standard InChI is InChI=1S/C21H15ClFN3O3S/c22-15-5-3-6-16(23)14(15)10-26-20(28)18(30-21(26)29)8-12-9-25(11-19(24)27)17-7-2-1-4-13(12)17/h1-9H,10-11H2,(H2,24,27). The van der Waals surface area contributed by atoms with Gasteiger partial charge in [0.1, 0.15) is 12.4 Å². The maximum Gasteiger partial charge on any atom is 0.293 e. The van der Waals surface area contributed by atoms with E-state index in [9.17, 15) is 18.8 Å². The number of amides is 3. The van der Waals surface area contributed by atoms with Crippen molar-refractivity contribution in [3.05, 3.63) is 75.5 Å². The first kappa shape index (κ1) is 20.2. The van der Waals surface area contributed by atoms with Crippen molar-refractivity contribution in [1.82, 2.24) is 9.47 Å². The first-order chi connectivity index (χ1) is 14.3. The van der Waals surface area contributed by atoms with Crippen LogP contribution in [-0.4, -0.2) is 26.5 Å². The van der Waals surface area contributed by atoms with Crippen LogP contribution in [0.15, 0.2) is 53.6 Å². The SMILES string of the molecule is NC(=O)Cn1cc(C=C2SC(=O)N(Cc3c(F)cccc3Cl)C2=O)c2ccccc21. The zero-order chi connectivity index (χ0) is 21.4. The molecule has 2 heterocycles. The Kier molecular flexibility index (Phi) is 5.36. The maximum atomic E-state index is 14.1. The number of halogens is 2. The molecule has 1 aromatic heterocycles. The smallest absolute Gasteiger partial charge is 0.293 e. The normalized spacial score (nSPS) is 15.5.